The van der Waals surface area contributed by atoms with Gasteiger partial charge in [-0.05, 0) is 42.2 Å². The molecule has 0 fully saturated rings. The van der Waals surface area contributed by atoms with Gasteiger partial charge in [0.05, 0.1) is 24.7 Å². The number of hydrogen-bond acceptors (Lipinski definition) is 7. The van der Waals surface area contributed by atoms with Crippen LogP contribution in [0.2, 0.25) is 0 Å². The van der Waals surface area contributed by atoms with Crippen LogP contribution in [0.1, 0.15) is 32.3 Å². The fourth-order valence-electron chi connectivity index (χ4n) is 3.77. The van der Waals surface area contributed by atoms with Gasteiger partial charge >= 0.3 is 0 Å². The number of aliphatic hydroxyl groups excluding tert-OH is 1. The second-order valence-corrected chi connectivity index (χ2v) is 11.2. The van der Waals surface area contributed by atoms with Gasteiger partial charge in [0.15, 0.2) is 0 Å². The first-order valence-corrected chi connectivity index (χ1v) is 13.5. The summed E-state index contributed by atoms with van der Waals surface area (Å²) < 4.78 is 31.4. The Morgan fingerprint density at radius 1 is 0.973 bits per heavy atom. The van der Waals surface area contributed by atoms with E-state index in [9.17, 15) is 28.3 Å². The molecule has 0 saturated heterocycles. The zero-order chi connectivity index (χ0) is 27.6. The van der Waals surface area contributed by atoms with Crippen LogP contribution >= 0.6 is 0 Å². The zero-order valence-electron chi connectivity index (χ0n) is 21.8. The molecule has 2 N–H and O–H groups in total. The minimum absolute atomic E-state index is 0.0235. The first kappa shape index (κ1) is 30.2. The molecule has 2 amide bonds. The fourth-order valence-corrected chi connectivity index (χ4v) is 4.87. The number of aliphatic hydroxyl groups is 1. The van der Waals surface area contributed by atoms with Crippen LogP contribution in [0, 0.1) is 5.92 Å². The highest BCUT2D eigenvalue weighted by atomic mass is 32.2. The van der Waals surface area contributed by atoms with E-state index in [0.29, 0.717) is 18.7 Å². The van der Waals surface area contributed by atoms with Crippen LogP contribution in [-0.4, -0.2) is 84.8 Å². The summed E-state index contributed by atoms with van der Waals surface area (Å²) in [6, 6.07) is 14.8. The van der Waals surface area contributed by atoms with Gasteiger partial charge in [0.1, 0.15) is 12.4 Å². The average Bonchev–Trinajstić information content (AvgIpc) is 2.89. The summed E-state index contributed by atoms with van der Waals surface area (Å²) in [6.07, 6.45) is -0.0451. The van der Waals surface area contributed by atoms with Gasteiger partial charge in [0.2, 0.25) is 21.8 Å². The molecule has 0 aliphatic carbocycles. The monoisotopic (exact) mass is 535 g/mol. The summed E-state index contributed by atoms with van der Waals surface area (Å²) in [6.45, 7) is 3.47. The van der Waals surface area contributed by atoms with Crippen LogP contribution < -0.4 is 4.74 Å². The van der Waals surface area contributed by atoms with Crippen molar-refractivity contribution in [3.8, 4) is 5.75 Å². The lowest BCUT2D eigenvalue weighted by Gasteiger charge is -2.32. The number of carbonyl (C=O) groups is 2. The van der Waals surface area contributed by atoms with Crippen LogP contribution in [0.5, 0.6) is 5.75 Å². The molecule has 2 rings (SSSR count). The molecular formula is C26H37N3O7S. The molecule has 0 aromatic heterocycles. The zero-order valence-corrected chi connectivity index (χ0v) is 22.6. The number of methoxy groups -OCH3 is 1. The molecule has 0 heterocycles. The second-order valence-electron chi connectivity index (χ2n) is 9.18. The van der Waals surface area contributed by atoms with Gasteiger partial charge in [-0.15, -0.1) is 0 Å². The molecule has 0 spiro atoms. The molecule has 11 heteroatoms. The van der Waals surface area contributed by atoms with E-state index in [0.717, 1.165) is 9.87 Å². The summed E-state index contributed by atoms with van der Waals surface area (Å²) in [5, 5.41) is 20.5. The Hall–Kier alpha value is -2.99. The van der Waals surface area contributed by atoms with Gasteiger partial charge in [0, 0.05) is 26.4 Å². The number of nitrogens with zero attached hydrogens (tertiary/aromatic N) is 3. The predicted molar refractivity (Wildman–Crippen MR) is 138 cm³/mol. The Bertz CT molecular complexity index is 1110. The third-order valence-corrected chi connectivity index (χ3v) is 7.59. The van der Waals surface area contributed by atoms with Crippen molar-refractivity contribution in [2.24, 2.45) is 5.92 Å². The van der Waals surface area contributed by atoms with Crippen LogP contribution in [0.4, 0.5) is 0 Å². The number of hydroxylamine groups is 2. The van der Waals surface area contributed by atoms with Crippen molar-refractivity contribution in [2.75, 3.05) is 34.0 Å². The van der Waals surface area contributed by atoms with Crippen LogP contribution in [0.25, 0.3) is 0 Å². The number of amides is 2. The Kier molecular flexibility index (Phi) is 11.5. The highest BCUT2D eigenvalue weighted by Crippen LogP contribution is 2.19. The van der Waals surface area contributed by atoms with Crippen molar-refractivity contribution < 1.29 is 33.1 Å². The van der Waals surface area contributed by atoms with E-state index in [-0.39, 0.29) is 41.2 Å². The average molecular weight is 536 g/mol. The van der Waals surface area contributed by atoms with Crippen molar-refractivity contribution in [3.05, 3.63) is 60.2 Å². The topological polar surface area (TPSA) is 128 Å². The Balaban J connectivity index is 2.00. The summed E-state index contributed by atoms with van der Waals surface area (Å²) >= 11 is 0. The highest BCUT2D eigenvalue weighted by molar-refractivity contribution is 7.89. The van der Waals surface area contributed by atoms with Gasteiger partial charge in [-0.2, -0.15) is 4.31 Å². The molecule has 0 aliphatic rings. The normalized spacial score (nSPS) is 12.4. The molecule has 0 saturated carbocycles. The summed E-state index contributed by atoms with van der Waals surface area (Å²) in [5.74, 6) is -0.498. The van der Waals surface area contributed by atoms with E-state index < -0.39 is 28.6 Å². The fraction of sp³-hybridized carbons (Fsp3) is 0.462. The van der Waals surface area contributed by atoms with E-state index in [1.807, 2.05) is 44.2 Å². The quantitative estimate of drug-likeness (QED) is 0.216. The molecule has 37 heavy (non-hydrogen) atoms. The summed E-state index contributed by atoms with van der Waals surface area (Å²) in [7, 11) is -1.27. The Labute approximate surface area is 219 Å². The molecule has 1 atom stereocenters. The lowest BCUT2D eigenvalue weighted by atomic mass is 10.0. The van der Waals surface area contributed by atoms with Crippen LogP contribution in [0.15, 0.2) is 59.5 Å². The van der Waals surface area contributed by atoms with Gasteiger partial charge in [-0.25, -0.2) is 13.5 Å². The SMILES string of the molecule is COc1ccc(S(=O)(=O)N(C)CN(O)C(=O)CCC(=O)N(CC(C)C)[C@H](CO)Cc2ccccc2)cc1. The molecule has 0 aliphatic heterocycles. The maximum absolute atomic E-state index is 13.1. The number of ether oxygens (including phenoxy) is 1. The smallest absolute Gasteiger partial charge is 0.247 e. The molecule has 0 unspecified atom stereocenters. The standard InChI is InChI=1S/C26H37N3O7S/c1-20(2)17-28(22(18-30)16-21-8-6-5-7-9-21)25(31)14-15-26(32)29(33)19-27(3)37(34,35)24-12-10-23(36-4)11-13-24/h5-13,20,22,30,33H,14-19H2,1-4H3/t22-/m0/s1. The molecule has 2 aromatic carbocycles. The molecular weight excluding hydrogens is 498 g/mol. The van der Waals surface area contributed by atoms with Crippen LogP contribution in [0.3, 0.4) is 0 Å². The maximum Gasteiger partial charge on any atom is 0.247 e. The van der Waals surface area contributed by atoms with Crippen LogP contribution in [-0.2, 0) is 26.0 Å². The largest absolute Gasteiger partial charge is 0.497 e. The van der Waals surface area contributed by atoms with Gasteiger partial charge < -0.3 is 14.7 Å². The minimum atomic E-state index is -3.97. The molecule has 10 nitrogen and oxygen atoms in total. The lowest BCUT2D eigenvalue weighted by molar-refractivity contribution is -0.171. The lowest BCUT2D eigenvalue weighted by Crippen LogP contribution is -2.46. The summed E-state index contributed by atoms with van der Waals surface area (Å²) in [4.78, 5) is 27.1. The van der Waals surface area contributed by atoms with E-state index in [1.54, 1.807) is 4.90 Å². The molecule has 2 aromatic rings. The van der Waals surface area contributed by atoms with Crippen molar-refractivity contribution >= 4 is 21.8 Å². The number of rotatable bonds is 14. The molecule has 0 radical (unpaired) electrons. The third-order valence-electron chi connectivity index (χ3n) is 5.79. The van der Waals surface area contributed by atoms with Crippen molar-refractivity contribution in [2.45, 2.75) is 44.0 Å². The Morgan fingerprint density at radius 2 is 1.57 bits per heavy atom. The second kappa shape index (κ2) is 14.1. The first-order chi connectivity index (χ1) is 17.5. The third kappa shape index (κ3) is 8.81. The van der Waals surface area contributed by atoms with E-state index in [4.69, 9.17) is 4.74 Å². The minimum Gasteiger partial charge on any atom is -0.497 e. The van der Waals surface area contributed by atoms with Gasteiger partial charge in [0.25, 0.3) is 0 Å². The molecule has 204 valence electrons. The van der Waals surface area contributed by atoms with E-state index >= 15 is 0 Å². The maximum atomic E-state index is 13.1. The predicted octanol–water partition coefficient (Wildman–Crippen LogP) is 2.36. The number of carbonyl (C=O) groups excluding carboxylic acids is 2. The van der Waals surface area contributed by atoms with E-state index in [2.05, 4.69) is 0 Å². The van der Waals surface area contributed by atoms with Crippen molar-refractivity contribution in [1.82, 2.24) is 14.3 Å². The first-order valence-electron chi connectivity index (χ1n) is 12.0. The van der Waals surface area contributed by atoms with Gasteiger partial charge in [-0.1, -0.05) is 44.2 Å². The summed E-state index contributed by atoms with van der Waals surface area (Å²) in [5.41, 5.74) is 0.974. The highest BCUT2D eigenvalue weighted by Gasteiger charge is 2.27. The number of benzene rings is 2. The van der Waals surface area contributed by atoms with Gasteiger partial charge in [-0.3, -0.25) is 14.8 Å². The Morgan fingerprint density at radius 3 is 2.11 bits per heavy atom. The van der Waals surface area contributed by atoms with E-state index in [1.165, 1.54) is 38.4 Å². The van der Waals surface area contributed by atoms with Crippen molar-refractivity contribution in [3.63, 3.8) is 0 Å². The number of hydrogen-bond donors (Lipinski definition) is 2. The number of sulfonamides is 1. The van der Waals surface area contributed by atoms with Crippen molar-refractivity contribution in [1.29, 1.82) is 0 Å². The molecule has 0 bridgehead atoms.